The molecule has 2 aliphatic heterocycles. The molecule has 2 saturated heterocycles. The van der Waals surface area contributed by atoms with Crippen LogP contribution in [0.4, 0.5) is 62.3 Å². The fraction of sp³-hybridized carbons (Fsp3) is 0.441. The number of ether oxygens (including phenoxy) is 2. The first-order chi connectivity index (χ1) is 41.8. The Balaban J connectivity index is 0.000000206. The molecule has 2 heterocycles. The minimum Gasteiger partial charge on any atom is -0.373 e. The second-order valence-electron chi connectivity index (χ2n) is 24.5. The van der Waals surface area contributed by atoms with Gasteiger partial charge in [0.1, 0.15) is 0 Å². The highest BCUT2D eigenvalue weighted by molar-refractivity contribution is 6.62. The smallest absolute Gasteiger partial charge is 0.373 e. The van der Waals surface area contributed by atoms with Crippen molar-refractivity contribution in [3.05, 3.63) is 213 Å². The lowest BCUT2D eigenvalue weighted by molar-refractivity contribution is -0.145. The fourth-order valence-corrected chi connectivity index (χ4v) is 13.0. The van der Waals surface area contributed by atoms with Gasteiger partial charge in [0.05, 0.1) is 47.7 Å². The Hall–Kier alpha value is -6.61. The Morgan fingerprint density at radius 2 is 0.843 bits per heavy atom. The highest BCUT2D eigenvalue weighted by Gasteiger charge is 2.58. The van der Waals surface area contributed by atoms with E-state index in [0.717, 1.165) is 85.3 Å². The van der Waals surface area contributed by atoms with E-state index in [-0.39, 0.29) is 53.4 Å². The standard InChI is InChI=1S/C34H36F6N2O2.C29H29F6NO.C5H8ClNO/c1-24(26-17-28(33(35,36)37)19-29(18-26)34(38,39)40)44-23-32(27-13-7-4-8-14-27)21-31(2,22-32)42(20-25-11-5-3-6-12-25)30(43)41-15-9-10-16-41;1-20(22-13-24(28(30,31)32)15-25(14-22)29(33,34)35)37-19-27(23-11-7-4-8-12-23)17-26(2,18-27)36-16-21-9-5-3-6-10-21;6-5(8)7-3-1-2-4-7/h3-8,11-14,17-19,24H,9-10,15-16,20-23H2,1-2H3;3-15,20,36H,16-19H2,1-2H3;1-4H2/t24-,31?,32?;20-,26?,27?;/m11./s1. The lowest BCUT2D eigenvalue weighted by Crippen LogP contribution is -2.66. The molecule has 0 unspecified atom stereocenters. The van der Waals surface area contributed by atoms with Gasteiger partial charge < -0.3 is 29.5 Å². The summed E-state index contributed by atoms with van der Waals surface area (Å²) >= 11 is 5.17. The second kappa shape index (κ2) is 27.9. The third-order valence-electron chi connectivity index (χ3n) is 17.4. The van der Waals surface area contributed by atoms with Crippen molar-refractivity contribution >= 4 is 23.0 Å². The van der Waals surface area contributed by atoms with Crippen molar-refractivity contribution in [2.75, 3.05) is 39.4 Å². The molecule has 8 nitrogen and oxygen atoms in total. The Labute approximate surface area is 516 Å². The van der Waals surface area contributed by atoms with Crippen molar-refractivity contribution < 1.29 is 71.7 Å². The van der Waals surface area contributed by atoms with Crippen LogP contribution in [0.1, 0.15) is 147 Å². The Morgan fingerprint density at radius 1 is 0.506 bits per heavy atom. The van der Waals surface area contributed by atoms with Crippen LogP contribution in [0.5, 0.6) is 0 Å². The molecule has 89 heavy (non-hydrogen) atoms. The molecule has 0 radical (unpaired) electrons. The third kappa shape index (κ3) is 17.5. The van der Waals surface area contributed by atoms with Crippen LogP contribution in [-0.2, 0) is 58.1 Å². The van der Waals surface area contributed by atoms with Gasteiger partial charge in [0.25, 0.3) is 0 Å². The molecule has 1 N–H and O–H groups in total. The molecule has 6 aromatic rings. The summed E-state index contributed by atoms with van der Waals surface area (Å²) < 4.78 is 173. The van der Waals surface area contributed by atoms with E-state index < -0.39 is 75.5 Å². The number of likely N-dealkylation sites (tertiary alicyclic amines) is 2. The van der Waals surface area contributed by atoms with Crippen LogP contribution >= 0.6 is 11.6 Å². The van der Waals surface area contributed by atoms with Crippen LogP contribution < -0.4 is 5.32 Å². The zero-order valence-corrected chi connectivity index (χ0v) is 50.6. The number of amides is 3. The van der Waals surface area contributed by atoms with Crippen LogP contribution in [0.3, 0.4) is 0 Å². The van der Waals surface area contributed by atoms with Crippen LogP contribution in [0.2, 0.25) is 0 Å². The quantitative estimate of drug-likeness (QED) is 0.0594. The van der Waals surface area contributed by atoms with E-state index in [9.17, 15) is 62.3 Å². The Kier molecular flexibility index (Phi) is 21.4. The Bertz CT molecular complexity index is 3210. The maximum atomic E-state index is 13.9. The number of alkyl halides is 12. The summed E-state index contributed by atoms with van der Waals surface area (Å²) in [7, 11) is 0. The maximum Gasteiger partial charge on any atom is 0.416 e. The number of urea groups is 1. The molecule has 2 aliphatic carbocycles. The van der Waals surface area contributed by atoms with Crippen LogP contribution in [-0.4, -0.2) is 76.6 Å². The van der Waals surface area contributed by atoms with Crippen LogP contribution in [0.15, 0.2) is 158 Å². The van der Waals surface area contributed by atoms with E-state index in [4.69, 9.17) is 21.1 Å². The maximum absolute atomic E-state index is 13.9. The van der Waals surface area contributed by atoms with Crippen molar-refractivity contribution in [1.82, 2.24) is 20.0 Å². The molecular weight excluding hydrogens is 1200 g/mol. The van der Waals surface area contributed by atoms with E-state index in [0.29, 0.717) is 51.9 Å². The molecule has 2 atom stereocenters. The first-order valence-corrected chi connectivity index (χ1v) is 30.0. The predicted molar refractivity (Wildman–Crippen MR) is 317 cm³/mol. The van der Waals surface area contributed by atoms with Gasteiger partial charge in [-0.15, -0.1) is 0 Å². The number of halogens is 13. The molecule has 3 amide bonds. The molecule has 10 rings (SSSR count). The summed E-state index contributed by atoms with van der Waals surface area (Å²) in [6.45, 7) is 11.5. The normalized spacial score (nSPS) is 22.6. The highest BCUT2D eigenvalue weighted by atomic mass is 35.5. The predicted octanol–water partition coefficient (Wildman–Crippen LogP) is 18.5. The van der Waals surface area contributed by atoms with Crippen molar-refractivity contribution in [3.8, 4) is 0 Å². The third-order valence-corrected chi connectivity index (χ3v) is 17.6. The average molecular weight is 1270 g/mol. The molecule has 4 fully saturated rings. The van der Waals surface area contributed by atoms with Gasteiger partial charge in [-0.2, -0.15) is 52.7 Å². The minimum atomic E-state index is -4.94. The van der Waals surface area contributed by atoms with E-state index in [1.807, 2.05) is 138 Å². The molecule has 0 spiro atoms. The first kappa shape index (κ1) is 68.3. The molecule has 4 aliphatic rings. The summed E-state index contributed by atoms with van der Waals surface area (Å²) in [6.07, 6.45) is -15.1. The number of nitrogens with one attached hydrogen (secondary N) is 1. The number of hydrogen-bond donors (Lipinski definition) is 1. The van der Waals surface area contributed by atoms with Crippen molar-refractivity contribution in [3.63, 3.8) is 0 Å². The summed E-state index contributed by atoms with van der Waals surface area (Å²) in [6, 6.07) is 42.1. The van der Waals surface area contributed by atoms with Crippen molar-refractivity contribution in [1.29, 1.82) is 0 Å². The zero-order chi connectivity index (χ0) is 64.6. The summed E-state index contributed by atoms with van der Waals surface area (Å²) in [5.74, 6) is 0. The van der Waals surface area contributed by atoms with Crippen LogP contribution in [0.25, 0.3) is 0 Å². The number of hydrogen-bond acceptors (Lipinski definition) is 5. The van der Waals surface area contributed by atoms with E-state index in [2.05, 4.69) is 12.2 Å². The molecule has 0 aromatic heterocycles. The largest absolute Gasteiger partial charge is 0.416 e. The summed E-state index contributed by atoms with van der Waals surface area (Å²) in [5.41, 5.74) is -3.44. The Morgan fingerprint density at radius 3 is 1.19 bits per heavy atom. The van der Waals surface area contributed by atoms with Gasteiger partial charge in [-0.1, -0.05) is 121 Å². The van der Waals surface area contributed by atoms with Gasteiger partial charge in [-0.05, 0) is 160 Å². The second-order valence-corrected chi connectivity index (χ2v) is 24.8. The zero-order valence-electron chi connectivity index (χ0n) is 49.9. The highest BCUT2D eigenvalue weighted by Crippen LogP contribution is 2.55. The van der Waals surface area contributed by atoms with Crippen molar-refractivity contribution in [2.24, 2.45) is 0 Å². The monoisotopic (exact) mass is 1270 g/mol. The number of benzene rings is 6. The van der Waals surface area contributed by atoms with E-state index >= 15 is 0 Å². The number of carbonyl (C=O) groups is 2. The summed E-state index contributed by atoms with van der Waals surface area (Å²) in [4.78, 5) is 29.6. The molecule has 0 bridgehead atoms. The summed E-state index contributed by atoms with van der Waals surface area (Å²) in [5, 5.41) is 3.29. The van der Waals surface area contributed by atoms with Gasteiger partial charge in [-0.3, -0.25) is 4.79 Å². The number of nitrogens with zero attached hydrogens (tertiary/aromatic N) is 3. The van der Waals surface area contributed by atoms with Gasteiger partial charge in [0, 0.05) is 61.2 Å². The molecule has 480 valence electrons. The topological polar surface area (TPSA) is 74.4 Å². The number of rotatable bonds is 16. The molecule has 2 saturated carbocycles. The SMILES string of the molecule is C[C@@H](OCC1(c2ccccc2)CC(C)(N(Cc2ccccc2)C(=O)N2CCCC2)C1)c1cc(C(F)(F)F)cc(C(F)(F)F)c1.C[C@@H](OCC1(c2ccccc2)CC(C)(NCc2ccccc2)C1)c1cc(C(F)(F)F)cc(C(F)(F)F)c1.O=C(Cl)N1CCCC1. The van der Waals surface area contributed by atoms with Crippen molar-refractivity contribution in [2.45, 2.75) is 151 Å². The van der Waals surface area contributed by atoms with E-state index in [1.165, 1.54) is 13.8 Å². The van der Waals surface area contributed by atoms with Gasteiger partial charge in [0.15, 0.2) is 0 Å². The molecular formula is C68H73ClF12N4O4. The van der Waals surface area contributed by atoms with Gasteiger partial charge in [-0.25, -0.2) is 4.79 Å². The average Bonchev–Trinajstić information content (AvgIpc) is 2.22. The van der Waals surface area contributed by atoms with Gasteiger partial charge in [0.2, 0.25) is 0 Å². The molecule has 21 heteroatoms. The van der Waals surface area contributed by atoms with Gasteiger partial charge >= 0.3 is 36.1 Å². The lowest BCUT2D eigenvalue weighted by Gasteiger charge is -2.59. The molecule has 6 aromatic carbocycles. The first-order valence-electron chi connectivity index (χ1n) is 29.6. The lowest BCUT2D eigenvalue weighted by atomic mass is 9.54. The number of carbonyl (C=O) groups excluding carboxylic acids is 2. The van der Waals surface area contributed by atoms with Crippen LogP contribution in [0, 0.1) is 0 Å². The van der Waals surface area contributed by atoms with E-state index in [1.54, 1.807) is 4.90 Å². The fourth-order valence-electron chi connectivity index (χ4n) is 12.9. The minimum absolute atomic E-state index is 0.0338.